The maximum atomic E-state index is 13.4. The molecule has 0 saturated carbocycles. The van der Waals surface area contributed by atoms with Gasteiger partial charge in [0.2, 0.25) is 11.8 Å². The number of nitrogens with zero attached hydrogens (tertiary/aromatic N) is 2. The Kier molecular flexibility index (Phi) is 5.99. The topological polar surface area (TPSA) is 59.1 Å². The van der Waals surface area contributed by atoms with Crippen molar-refractivity contribution in [1.82, 2.24) is 4.90 Å². The number of amides is 2. The summed E-state index contributed by atoms with van der Waals surface area (Å²) in [4.78, 5) is 29.6. The Balaban J connectivity index is 1.51. The third-order valence-corrected chi connectivity index (χ3v) is 6.47. The fraction of sp³-hybridized carbons (Fsp3) is 0.391. The van der Waals surface area contributed by atoms with Gasteiger partial charge in [-0.3, -0.25) is 9.59 Å². The van der Waals surface area contributed by atoms with Gasteiger partial charge in [0, 0.05) is 29.7 Å². The molecule has 2 unspecified atom stereocenters. The number of anilines is 1. The van der Waals surface area contributed by atoms with Gasteiger partial charge in [0.1, 0.15) is 0 Å². The average Bonchev–Trinajstić information content (AvgIpc) is 3.40. The van der Waals surface area contributed by atoms with Gasteiger partial charge in [-0.25, -0.2) is 0 Å². The van der Waals surface area contributed by atoms with Crippen molar-refractivity contribution in [2.75, 3.05) is 32.2 Å². The smallest absolute Gasteiger partial charge is 0.228 e. The van der Waals surface area contributed by atoms with Crippen molar-refractivity contribution in [3.8, 4) is 11.5 Å². The maximum Gasteiger partial charge on any atom is 0.228 e. The van der Waals surface area contributed by atoms with Crippen LogP contribution in [0, 0.1) is 5.92 Å². The molecular weight excluding hydrogens is 448 g/mol. The molecule has 2 aliphatic heterocycles. The SMILES string of the molecule is COc1ccc(C2CCCN2C(=O)C2CC(=O)N(c3ccc(Br)cc3)C2)cc1OC. The Bertz CT molecular complexity index is 947. The predicted molar refractivity (Wildman–Crippen MR) is 118 cm³/mol. The summed E-state index contributed by atoms with van der Waals surface area (Å²) in [6.45, 7) is 1.13. The van der Waals surface area contributed by atoms with Crippen molar-refractivity contribution in [3.63, 3.8) is 0 Å². The van der Waals surface area contributed by atoms with Crippen molar-refractivity contribution in [2.24, 2.45) is 5.92 Å². The molecule has 2 amide bonds. The van der Waals surface area contributed by atoms with Gasteiger partial charge in [-0.15, -0.1) is 0 Å². The van der Waals surface area contributed by atoms with E-state index < -0.39 is 0 Å². The van der Waals surface area contributed by atoms with Gasteiger partial charge in [-0.05, 0) is 54.8 Å². The first-order chi connectivity index (χ1) is 14.5. The molecular formula is C23H25BrN2O4. The van der Waals surface area contributed by atoms with Gasteiger partial charge in [0.05, 0.1) is 26.2 Å². The zero-order chi connectivity index (χ0) is 21.3. The molecule has 0 N–H and O–H groups in total. The molecule has 0 bridgehead atoms. The Morgan fingerprint density at radius 1 is 1.07 bits per heavy atom. The summed E-state index contributed by atoms with van der Waals surface area (Å²) in [5, 5.41) is 0. The molecule has 0 aromatic heterocycles. The number of ether oxygens (including phenoxy) is 2. The lowest BCUT2D eigenvalue weighted by Crippen LogP contribution is -2.37. The molecule has 2 aromatic carbocycles. The van der Waals surface area contributed by atoms with Crippen LogP contribution < -0.4 is 14.4 Å². The van der Waals surface area contributed by atoms with Gasteiger partial charge in [0.25, 0.3) is 0 Å². The van der Waals surface area contributed by atoms with E-state index in [1.807, 2.05) is 47.4 Å². The second kappa shape index (κ2) is 8.68. The van der Waals surface area contributed by atoms with E-state index in [0.29, 0.717) is 24.6 Å². The Hall–Kier alpha value is -2.54. The van der Waals surface area contributed by atoms with Crippen LogP contribution in [0.1, 0.15) is 30.9 Å². The van der Waals surface area contributed by atoms with Crippen LogP contribution in [-0.2, 0) is 9.59 Å². The molecule has 6 nitrogen and oxygen atoms in total. The van der Waals surface area contributed by atoms with E-state index in [1.165, 1.54) is 0 Å². The number of hydrogen-bond acceptors (Lipinski definition) is 4. The van der Waals surface area contributed by atoms with Crippen molar-refractivity contribution >= 4 is 33.4 Å². The Morgan fingerprint density at radius 2 is 1.80 bits per heavy atom. The third kappa shape index (κ3) is 3.90. The number of hydrogen-bond donors (Lipinski definition) is 0. The molecule has 2 aromatic rings. The van der Waals surface area contributed by atoms with Crippen LogP contribution >= 0.6 is 15.9 Å². The number of methoxy groups -OCH3 is 2. The fourth-order valence-corrected chi connectivity index (χ4v) is 4.68. The number of rotatable bonds is 5. The van der Waals surface area contributed by atoms with Crippen LogP contribution in [0.2, 0.25) is 0 Å². The lowest BCUT2D eigenvalue weighted by molar-refractivity contribution is -0.136. The number of likely N-dealkylation sites (tertiary alicyclic amines) is 1. The molecule has 158 valence electrons. The highest BCUT2D eigenvalue weighted by atomic mass is 79.9. The number of benzene rings is 2. The van der Waals surface area contributed by atoms with Crippen LogP contribution in [0.4, 0.5) is 5.69 Å². The van der Waals surface area contributed by atoms with Crippen LogP contribution in [0.15, 0.2) is 46.9 Å². The van der Waals surface area contributed by atoms with Crippen LogP contribution in [-0.4, -0.2) is 44.0 Å². The van der Waals surface area contributed by atoms with E-state index in [1.54, 1.807) is 19.1 Å². The molecule has 4 rings (SSSR count). The maximum absolute atomic E-state index is 13.4. The minimum absolute atomic E-state index is 0.00228. The van der Waals surface area contributed by atoms with E-state index in [0.717, 1.165) is 28.6 Å². The van der Waals surface area contributed by atoms with Gasteiger partial charge < -0.3 is 19.3 Å². The summed E-state index contributed by atoms with van der Waals surface area (Å²) >= 11 is 3.42. The van der Waals surface area contributed by atoms with Gasteiger partial charge in [-0.2, -0.15) is 0 Å². The second-order valence-electron chi connectivity index (χ2n) is 7.69. The monoisotopic (exact) mass is 472 g/mol. The number of halogens is 1. The van der Waals surface area contributed by atoms with Crippen molar-refractivity contribution in [2.45, 2.75) is 25.3 Å². The first-order valence-electron chi connectivity index (χ1n) is 10.1. The van der Waals surface area contributed by atoms with Crippen LogP contribution in [0.25, 0.3) is 0 Å². The van der Waals surface area contributed by atoms with Gasteiger partial charge in [-0.1, -0.05) is 22.0 Å². The standard InChI is InChI=1S/C23H25BrN2O4/c1-29-20-10-5-15(12-21(20)30-2)19-4-3-11-25(19)23(28)16-13-22(27)26(14-16)18-8-6-17(24)7-9-18/h5-10,12,16,19H,3-4,11,13-14H2,1-2H3. The molecule has 7 heteroatoms. The molecule has 0 spiro atoms. The lowest BCUT2D eigenvalue weighted by atomic mass is 10.0. The van der Waals surface area contributed by atoms with E-state index in [2.05, 4.69) is 15.9 Å². The van der Waals surface area contributed by atoms with Gasteiger partial charge >= 0.3 is 0 Å². The average molecular weight is 473 g/mol. The Labute approximate surface area is 184 Å². The number of carbonyl (C=O) groups is 2. The highest BCUT2D eigenvalue weighted by molar-refractivity contribution is 9.10. The summed E-state index contributed by atoms with van der Waals surface area (Å²) in [6, 6.07) is 13.4. The lowest BCUT2D eigenvalue weighted by Gasteiger charge is -2.28. The van der Waals surface area contributed by atoms with Crippen LogP contribution in [0.5, 0.6) is 11.5 Å². The summed E-state index contributed by atoms with van der Waals surface area (Å²) < 4.78 is 11.7. The van der Waals surface area contributed by atoms with Crippen molar-refractivity contribution in [3.05, 3.63) is 52.5 Å². The molecule has 2 saturated heterocycles. The van der Waals surface area contributed by atoms with Crippen molar-refractivity contribution < 1.29 is 19.1 Å². The molecule has 2 heterocycles. The molecule has 0 aliphatic carbocycles. The first kappa shape index (κ1) is 20.7. The third-order valence-electron chi connectivity index (χ3n) is 5.94. The van der Waals surface area contributed by atoms with E-state index >= 15 is 0 Å². The van der Waals surface area contributed by atoms with Crippen molar-refractivity contribution in [1.29, 1.82) is 0 Å². The highest BCUT2D eigenvalue weighted by Gasteiger charge is 2.40. The minimum Gasteiger partial charge on any atom is -0.493 e. The summed E-state index contributed by atoms with van der Waals surface area (Å²) in [5.41, 5.74) is 1.86. The summed E-state index contributed by atoms with van der Waals surface area (Å²) in [5.74, 6) is 1.06. The van der Waals surface area contributed by atoms with E-state index in [-0.39, 0.29) is 30.2 Å². The quantitative estimate of drug-likeness (QED) is 0.654. The normalized spacial score (nSPS) is 21.2. The van der Waals surface area contributed by atoms with E-state index in [4.69, 9.17) is 9.47 Å². The molecule has 2 aliphatic rings. The number of carbonyl (C=O) groups excluding carboxylic acids is 2. The summed E-state index contributed by atoms with van der Waals surface area (Å²) in [7, 11) is 3.22. The molecule has 2 fully saturated rings. The van der Waals surface area contributed by atoms with Gasteiger partial charge in [0.15, 0.2) is 11.5 Å². The molecule has 2 atom stereocenters. The summed E-state index contributed by atoms with van der Waals surface area (Å²) in [6.07, 6.45) is 2.10. The Morgan fingerprint density at radius 3 is 2.50 bits per heavy atom. The first-order valence-corrected chi connectivity index (χ1v) is 10.9. The zero-order valence-corrected chi connectivity index (χ0v) is 18.7. The van der Waals surface area contributed by atoms with Crippen LogP contribution in [0.3, 0.4) is 0 Å². The largest absolute Gasteiger partial charge is 0.493 e. The second-order valence-corrected chi connectivity index (χ2v) is 8.60. The highest BCUT2D eigenvalue weighted by Crippen LogP contribution is 2.38. The fourth-order valence-electron chi connectivity index (χ4n) is 4.42. The van der Waals surface area contributed by atoms with E-state index in [9.17, 15) is 9.59 Å². The molecule has 30 heavy (non-hydrogen) atoms. The minimum atomic E-state index is -0.318. The predicted octanol–water partition coefficient (Wildman–Crippen LogP) is 4.18. The molecule has 0 radical (unpaired) electrons. The zero-order valence-electron chi connectivity index (χ0n) is 17.1.